The second kappa shape index (κ2) is 11.1. The van der Waals surface area contributed by atoms with E-state index < -0.39 is 0 Å². The Hall–Kier alpha value is -6.45. The molecule has 0 amide bonds. The summed E-state index contributed by atoms with van der Waals surface area (Å²) in [6.07, 6.45) is 0. The first-order chi connectivity index (χ1) is 24.3. The molecule has 2 heterocycles. The molecule has 1 aromatic heterocycles. The van der Waals surface area contributed by atoms with Crippen molar-refractivity contribution in [3.05, 3.63) is 175 Å². The molecule has 0 spiro atoms. The smallest absolute Gasteiger partial charge is 0.0950 e. The Kier molecular flexibility index (Phi) is 6.25. The predicted octanol–water partition coefficient (Wildman–Crippen LogP) is 12.0. The van der Waals surface area contributed by atoms with Gasteiger partial charge in [0, 0.05) is 27.1 Å². The summed E-state index contributed by atoms with van der Waals surface area (Å²) in [6, 6.07) is 61.1. The van der Waals surface area contributed by atoms with Crippen molar-refractivity contribution in [3.63, 3.8) is 0 Å². The largest absolute Gasteiger partial charge is 0.377 e. The van der Waals surface area contributed by atoms with Gasteiger partial charge in [-0.15, -0.1) is 0 Å². The summed E-state index contributed by atoms with van der Waals surface area (Å²) in [5, 5.41) is 11.1. The first kappa shape index (κ1) is 27.6. The standard InChI is InChI=1S/C46H31N3/c1-3-13-30(14-4-1)32-23-25-36-39(27-32)40-28-33(31-15-5-2-6-16-31)24-26-37(40)46-45(36)47-29-41(48-46)38-19-9-12-22-44(38)49-42-20-10-7-17-34(42)35-18-8-11-21-43(35)49/h1-28,47H,29H2. The molecule has 0 saturated heterocycles. The van der Waals surface area contributed by atoms with E-state index >= 15 is 0 Å². The first-order valence-electron chi connectivity index (χ1n) is 16.9. The van der Waals surface area contributed by atoms with E-state index in [4.69, 9.17) is 4.99 Å². The van der Waals surface area contributed by atoms with Gasteiger partial charge in [0.05, 0.1) is 40.4 Å². The highest BCUT2D eigenvalue weighted by Gasteiger charge is 2.23. The van der Waals surface area contributed by atoms with Crippen LogP contribution >= 0.6 is 0 Å². The highest BCUT2D eigenvalue weighted by atomic mass is 15.0. The normalized spacial score (nSPS) is 12.7. The van der Waals surface area contributed by atoms with Crippen LogP contribution in [-0.2, 0) is 0 Å². The monoisotopic (exact) mass is 625 g/mol. The highest BCUT2D eigenvalue weighted by molar-refractivity contribution is 6.24. The number of nitrogens with one attached hydrogen (secondary N) is 1. The van der Waals surface area contributed by atoms with Crippen molar-refractivity contribution in [1.29, 1.82) is 0 Å². The zero-order valence-electron chi connectivity index (χ0n) is 26.8. The van der Waals surface area contributed by atoms with Crippen LogP contribution in [0.3, 0.4) is 0 Å². The molecule has 1 N–H and O–H groups in total. The molecule has 9 aromatic rings. The van der Waals surface area contributed by atoms with Gasteiger partial charge in [-0.25, -0.2) is 4.99 Å². The van der Waals surface area contributed by atoms with Crippen LogP contribution in [-0.4, -0.2) is 16.8 Å². The SMILES string of the molecule is c1ccc(-c2ccc3c4c(c5ccc(-c6ccccc6)cc5c3c2)NCC(c2ccccc2-n2c3ccccc3c3ccccc32)=N4)cc1. The minimum absolute atomic E-state index is 0.629. The van der Waals surface area contributed by atoms with Gasteiger partial charge in [-0.05, 0) is 63.4 Å². The quantitative estimate of drug-likeness (QED) is 0.194. The number of aliphatic imine (C=N–C) groups is 1. The van der Waals surface area contributed by atoms with Crippen LogP contribution in [0.2, 0.25) is 0 Å². The van der Waals surface area contributed by atoms with Gasteiger partial charge in [-0.1, -0.05) is 140 Å². The summed E-state index contributed by atoms with van der Waals surface area (Å²) in [5.41, 5.74) is 12.6. The van der Waals surface area contributed by atoms with Crippen LogP contribution in [0.5, 0.6) is 0 Å². The Balaban J connectivity index is 1.22. The van der Waals surface area contributed by atoms with Crippen LogP contribution in [0.1, 0.15) is 5.56 Å². The van der Waals surface area contributed by atoms with Crippen LogP contribution < -0.4 is 5.32 Å². The molecule has 10 rings (SSSR count). The summed E-state index contributed by atoms with van der Waals surface area (Å²) in [4.78, 5) is 5.55. The van der Waals surface area contributed by atoms with Crippen LogP contribution in [0, 0.1) is 0 Å². The maximum absolute atomic E-state index is 5.55. The molecule has 0 bridgehead atoms. The Labute approximate surface area is 284 Å². The molecule has 49 heavy (non-hydrogen) atoms. The van der Waals surface area contributed by atoms with Gasteiger partial charge in [-0.2, -0.15) is 0 Å². The van der Waals surface area contributed by atoms with Crippen molar-refractivity contribution in [2.24, 2.45) is 4.99 Å². The molecule has 1 aliphatic rings. The lowest BCUT2D eigenvalue weighted by molar-refractivity contribution is 1.16. The van der Waals surface area contributed by atoms with Crippen molar-refractivity contribution in [2.45, 2.75) is 0 Å². The van der Waals surface area contributed by atoms with Crippen molar-refractivity contribution in [3.8, 4) is 27.9 Å². The summed E-state index contributed by atoms with van der Waals surface area (Å²) in [6.45, 7) is 0.629. The zero-order valence-corrected chi connectivity index (χ0v) is 26.8. The summed E-state index contributed by atoms with van der Waals surface area (Å²) < 4.78 is 2.40. The molecule has 8 aromatic carbocycles. The lowest BCUT2D eigenvalue weighted by atomic mass is 9.91. The maximum atomic E-state index is 5.55. The molecule has 0 fully saturated rings. The average molecular weight is 626 g/mol. The van der Waals surface area contributed by atoms with Crippen molar-refractivity contribution in [1.82, 2.24) is 4.57 Å². The number of aromatic nitrogens is 1. The third-order valence-electron chi connectivity index (χ3n) is 10.0. The van der Waals surface area contributed by atoms with Crippen molar-refractivity contribution < 1.29 is 0 Å². The van der Waals surface area contributed by atoms with Crippen LogP contribution in [0.15, 0.2) is 175 Å². The van der Waals surface area contributed by atoms with Crippen LogP contribution in [0.4, 0.5) is 11.4 Å². The Morgan fingerprint density at radius 3 is 1.61 bits per heavy atom. The van der Waals surface area contributed by atoms with E-state index in [0.29, 0.717) is 6.54 Å². The first-order valence-corrected chi connectivity index (χ1v) is 16.9. The van der Waals surface area contributed by atoms with Gasteiger partial charge in [0.25, 0.3) is 0 Å². The number of para-hydroxylation sites is 3. The lowest BCUT2D eigenvalue weighted by Crippen LogP contribution is -2.20. The topological polar surface area (TPSA) is 29.3 Å². The number of anilines is 1. The number of fused-ring (bicyclic) bond motifs is 9. The minimum Gasteiger partial charge on any atom is -0.377 e. The summed E-state index contributed by atoms with van der Waals surface area (Å²) >= 11 is 0. The van der Waals surface area contributed by atoms with Gasteiger partial charge < -0.3 is 9.88 Å². The van der Waals surface area contributed by atoms with Gasteiger partial charge in [-0.3, -0.25) is 0 Å². The molecule has 3 heteroatoms. The lowest BCUT2D eigenvalue weighted by Gasteiger charge is -2.24. The maximum Gasteiger partial charge on any atom is 0.0950 e. The van der Waals surface area contributed by atoms with Crippen LogP contribution in [0.25, 0.3) is 71.3 Å². The fourth-order valence-electron chi connectivity index (χ4n) is 7.73. The molecule has 0 atom stereocenters. The van der Waals surface area contributed by atoms with Gasteiger partial charge in [0.1, 0.15) is 0 Å². The third-order valence-corrected chi connectivity index (χ3v) is 10.0. The fraction of sp³-hybridized carbons (Fsp3) is 0.0217. The van der Waals surface area contributed by atoms with E-state index in [1.165, 1.54) is 60.2 Å². The van der Waals surface area contributed by atoms with Crippen molar-refractivity contribution >= 4 is 60.4 Å². The molecule has 0 aliphatic carbocycles. The fourth-order valence-corrected chi connectivity index (χ4v) is 7.73. The molecule has 0 unspecified atom stereocenters. The molecule has 230 valence electrons. The van der Waals surface area contributed by atoms with E-state index in [1.54, 1.807) is 0 Å². The van der Waals surface area contributed by atoms with Gasteiger partial charge >= 0.3 is 0 Å². The van der Waals surface area contributed by atoms with Gasteiger partial charge in [0.15, 0.2) is 0 Å². The number of hydrogen-bond donors (Lipinski definition) is 1. The van der Waals surface area contributed by atoms with E-state index in [1.807, 2.05) is 0 Å². The molecule has 1 aliphatic heterocycles. The van der Waals surface area contributed by atoms with E-state index in [9.17, 15) is 0 Å². The second-order valence-corrected chi connectivity index (χ2v) is 12.8. The Bertz CT molecular complexity index is 2700. The number of rotatable bonds is 4. The van der Waals surface area contributed by atoms with E-state index in [2.05, 4.69) is 180 Å². The minimum atomic E-state index is 0.629. The van der Waals surface area contributed by atoms with E-state index in [-0.39, 0.29) is 0 Å². The summed E-state index contributed by atoms with van der Waals surface area (Å²) in [5.74, 6) is 0. The predicted molar refractivity (Wildman–Crippen MR) is 208 cm³/mol. The van der Waals surface area contributed by atoms with Gasteiger partial charge in [0.2, 0.25) is 0 Å². The van der Waals surface area contributed by atoms with Crippen molar-refractivity contribution in [2.75, 3.05) is 11.9 Å². The second-order valence-electron chi connectivity index (χ2n) is 12.8. The molecular weight excluding hydrogens is 595 g/mol. The van der Waals surface area contributed by atoms with E-state index in [0.717, 1.165) is 33.7 Å². The molecular formula is C46H31N3. The Morgan fingerprint density at radius 1 is 0.429 bits per heavy atom. The molecule has 0 saturated carbocycles. The number of benzene rings is 8. The number of nitrogens with zero attached hydrogens (tertiary/aromatic N) is 2. The molecule has 3 nitrogen and oxygen atoms in total. The zero-order chi connectivity index (χ0) is 32.3. The third kappa shape index (κ3) is 4.40. The Morgan fingerprint density at radius 2 is 0.959 bits per heavy atom. The molecule has 0 radical (unpaired) electrons. The number of hydrogen-bond acceptors (Lipinski definition) is 2. The average Bonchev–Trinajstić information content (AvgIpc) is 3.52. The highest BCUT2D eigenvalue weighted by Crippen LogP contribution is 2.46. The summed E-state index contributed by atoms with van der Waals surface area (Å²) in [7, 11) is 0.